The fourth-order valence-electron chi connectivity index (χ4n) is 4.35. The molecule has 4 rings (SSSR count). The number of fused-ring (bicyclic) bond motifs is 3. The fourth-order valence-corrected chi connectivity index (χ4v) is 4.35. The first-order valence-electron chi connectivity index (χ1n) is 8.66. The van der Waals surface area contributed by atoms with Gasteiger partial charge in [-0.15, -0.1) is 0 Å². The SMILES string of the molecule is CCC(=O)C1=C(c2ccc3ccccc3c2)CC2CC[C@@H]1N2C. The Morgan fingerprint density at radius 2 is 1.91 bits per heavy atom. The monoisotopic (exact) mass is 305 g/mol. The molecule has 1 unspecified atom stereocenters. The molecule has 0 N–H and O–H groups in total. The van der Waals surface area contributed by atoms with E-state index in [9.17, 15) is 4.79 Å². The van der Waals surface area contributed by atoms with Gasteiger partial charge in [-0.25, -0.2) is 0 Å². The zero-order valence-corrected chi connectivity index (χ0v) is 13.9. The molecule has 2 atom stereocenters. The maximum absolute atomic E-state index is 12.7. The van der Waals surface area contributed by atoms with Crippen molar-refractivity contribution in [1.82, 2.24) is 4.90 Å². The number of likely N-dealkylation sites (N-methyl/N-ethyl adjacent to an activating group) is 1. The first kappa shape index (κ1) is 14.6. The van der Waals surface area contributed by atoms with E-state index < -0.39 is 0 Å². The van der Waals surface area contributed by atoms with Crippen molar-refractivity contribution in [3.05, 3.63) is 53.6 Å². The van der Waals surface area contributed by atoms with Gasteiger partial charge < -0.3 is 0 Å². The number of carbonyl (C=O) groups excluding carboxylic acids is 1. The number of rotatable bonds is 3. The summed E-state index contributed by atoms with van der Waals surface area (Å²) in [7, 11) is 2.18. The second-order valence-corrected chi connectivity index (χ2v) is 6.85. The van der Waals surface area contributed by atoms with Gasteiger partial charge in [0.1, 0.15) is 0 Å². The van der Waals surface area contributed by atoms with E-state index in [2.05, 4.69) is 54.4 Å². The van der Waals surface area contributed by atoms with Gasteiger partial charge in [-0.3, -0.25) is 9.69 Å². The zero-order valence-electron chi connectivity index (χ0n) is 13.9. The van der Waals surface area contributed by atoms with Crippen LogP contribution in [0.15, 0.2) is 48.0 Å². The third kappa shape index (κ3) is 2.33. The molecule has 2 aliphatic heterocycles. The average molecular weight is 305 g/mol. The van der Waals surface area contributed by atoms with Gasteiger partial charge in [0.05, 0.1) is 0 Å². The summed E-state index contributed by atoms with van der Waals surface area (Å²) in [5.41, 5.74) is 3.62. The van der Waals surface area contributed by atoms with Gasteiger partial charge in [0.25, 0.3) is 0 Å². The minimum atomic E-state index is 0.322. The number of Topliss-reactive ketones (excluding diaryl/α,β-unsaturated/α-hetero) is 1. The summed E-state index contributed by atoms with van der Waals surface area (Å²) in [6.45, 7) is 1.98. The molecule has 0 aliphatic carbocycles. The third-order valence-electron chi connectivity index (χ3n) is 5.66. The minimum absolute atomic E-state index is 0.322. The van der Waals surface area contributed by atoms with Gasteiger partial charge in [-0.2, -0.15) is 0 Å². The molecule has 2 aliphatic rings. The van der Waals surface area contributed by atoms with Gasteiger partial charge in [0, 0.05) is 24.1 Å². The molecule has 0 saturated carbocycles. The molecule has 2 aromatic rings. The smallest absolute Gasteiger partial charge is 0.160 e. The summed E-state index contributed by atoms with van der Waals surface area (Å²) in [6, 6.07) is 16.0. The van der Waals surface area contributed by atoms with Gasteiger partial charge in [0.2, 0.25) is 0 Å². The van der Waals surface area contributed by atoms with Crippen LogP contribution in [0, 0.1) is 0 Å². The Kier molecular flexibility index (Phi) is 3.57. The van der Waals surface area contributed by atoms with Crippen LogP contribution in [0.4, 0.5) is 0 Å². The largest absolute Gasteiger partial charge is 0.296 e. The molecule has 0 aromatic heterocycles. The second-order valence-electron chi connectivity index (χ2n) is 6.85. The van der Waals surface area contributed by atoms with Crippen LogP contribution in [0.1, 0.15) is 38.2 Å². The molecule has 2 nitrogen and oxygen atoms in total. The predicted octanol–water partition coefficient (Wildman–Crippen LogP) is 4.44. The Hall–Kier alpha value is -1.93. The molecule has 0 radical (unpaired) electrons. The van der Waals surface area contributed by atoms with Crippen molar-refractivity contribution in [2.75, 3.05) is 7.05 Å². The predicted molar refractivity (Wildman–Crippen MR) is 95.4 cm³/mol. The highest BCUT2D eigenvalue weighted by Gasteiger charge is 2.41. The lowest BCUT2D eigenvalue weighted by Crippen LogP contribution is -2.39. The molecule has 1 saturated heterocycles. The zero-order chi connectivity index (χ0) is 16.0. The molecule has 2 heterocycles. The maximum Gasteiger partial charge on any atom is 0.160 e. The first-order chi connectivity index (χ1) is 11.2. The summed E-state index contributed by atoms with van der Waals surface area (Å²) in [5.74, 6) is 0.324. The molecular weight excluding hydrogens is 282 g/mol. The van der Waals surface area contributed by atoms with Gasteiger partial charge in [-0.1, -0.05) is 43.3 Å². The minimum Gasteiger partial charge on any atom is -0.296 e. The van der Waals surface area contributed by atoms with E-state index in [0.29, 0.717) is 24.3 Å². The normalized spacial score (nSPS) is 24.4. The highest BCUT2D eigenvalue weighted by molar-refractivity contribution is 6.05. The van der Waals surface area contributed by atoms with Crippen molar-refractivity contribution in [2.45, 2.75) is 44.7 Å². The first-order valence-corrected chi connectivity index (χ1v) is 8.66. The Morgan fingerprint density at radius 1 is 1.13 bits per heavy atom. The van der Waals surface area contributed by atoms with Gasteiger partial charge in [-0.05, 0) is 54.3 Å². The lowest BCUT2D eigenvalue weighted by atomic mass is 9.85. The molecule has 0 amide bonds. The summed E-state index contributed by atoms with van der Waals surface area (Å²) >= 11 is 0. The quantitative estimate of drug-likeness (QED) is 0.835. The van der Waals surface area contributed by atoms with Crippen molar-refractivity contribution in [3.63, 3.8) is 0 Å². The van der Waals surface area contributed by atoms with Crippen LogP contribution in [-0.2, 0) is 4.79 Å². The van der Waals surface area contributed by atoms with Crippen LogP contribution in [0.25, 0.3) is 16.3 Å². The van der Waals surface area contributed by atoms with E-state index in [-0.39, 0.29) is 0 Å². The topological polar surface area (TPSA) is 20.3 Å². The molecule has 2 heteroatoms. The van der Waals surface area contributed by atoms with Crippen molar-refractivity contribution in [2.24, 2.45) is 0 Å². The number of ketones is 1. The second kappa shape index (κ2) is 5.61. The number of nitrogens with zero attached hydrogens (tertiary/aromatic N) is 1. The van der Waals surface area contributed by atoms with E-state index in [4.69, 9.17) is 0 Å². The van der Waals surface area contributed by atoms with E-state index in [0.717, 1.165) is 18.4 Å². The summed E-state index contributed by atoms with van der Waals surface area (Å²) in [5, 5.41) is 2.52. The van der Waals surface area contributed by atoms with Crippen LogP contribution >= 0.6 is 0 Å². The number of benzene rings is 2. The number of hydrogen-bond donors (Lipinski definition) is 0. The fraction of sp³-hybridized carbons (Fsp3) is 0.381. The maximum atomic E-state index is 12.7. The van der Waals surface area contributed by atoms with Crippen molar-refractivity contribution < 1.29 is 4.79 Å². The Morgan fingerprint density at radius 3 is 2.70 bits per heavy atom. The lowest BCUT2D eigenvalue weighted by Gasteiger charge is -2.35. The summed E-state index contributed by atoms with van der Waals surface area (Å²) in [6.07, 6.45) is 3.94. The Labute approximate surface area is 137 Å². The van der Waals surface area contributed by atoms with E-state index >= 15 is 0 Å². The molecule has 0 spiro atoms. The van der Waals surface area contributed by atoms with Crippen molar-refractivity contribution in [1.29, 1.82) is 0 Å². The Bertz CT molecular complexity index is 804. The molecule has 118 valence electrons. The van der Waals surface area contributed by atoms with Crippen LogP contribution < -0.4 is 0 Å². The van der Waals surface area contributed by atoms with Crippen LogP contribution in [0.3, 0.4) is 0 Å². The molecule has 2 aromatic carbocycles. The highest BCUT2D eigenvalue weighted by atomic mass is 16.1. The molecule has 23 heavy (non-hydrogen) atoms. The summed E-state index contributed by atoms with van der Waals surface area (Å²) < 4.78 is 0. The van der Waals surface area contributed by atoms with Gasteiger partial charge in [0.15, 0.2) is 5.78 Å². The standard InChI is InChI=1S/C21H23NO/c1-3-20(23)21-18(13-17-10-11-19(21)22(17)2)16-9-8-14-6-4-5-7-15(14)12-16/h4-9,12,17,19H,3,10-11,13H2,1-2H3/t17?,19-/m0/s1. The van der Waals surface area contributed by atoms with Crippen molar-refractivity contribution >= 4 is 22.1 Å². The van der Waals surface area contributed by atoms with Crippen molar-refractivity contribution in [3.8, 4) is 0 Å². The number of carbonyl (C=O) groups is 1. The number of hydrogen-bond acceptors (Lipinski definition) is 2. The van der Waals surface area contributed by atoms with Crippen LogP contribution in [0.2, 0.25) is 0 Å². The molecular formula is C21H23NO. The molecule has 2 bridgehead atoms. The van der Waals surface area contributed by atoms with E-state index in [1.54, 1.807) is 0 Å². The Balaban J connectivity index is 1.88. The molecule has 1 fully saturated rings. The third-order valence-corrected chi connectivity index (χ3v) is 5.66. The summed E-state index contributed by atoms with van der Waals surface area (Å²) in [4.78, 5) is 15.1. The van der Waals surface area contributed by atoms with Crippen LogP contribution in [-0.4, -0.2) is 29.8 Å². The van der Waals surface area contributed by atoms with Crippen LogP contribution in [0.5, 0.6) is 0 Å². The van der Waals surface area contributed by atoms with Gasteiger partial charge >= 0.3 is 0 Å². The lowest BCUT2D eigenvalue weighted by molar-refractivity contribution is -0.115. The highest BCUT2D eigenvalue weighted by Crippen LogP contribution is 2.43. The average Bonchev–Trinajstić information content (AvgIpc) is 2.83. The van der Waals surface area contributed by atoms with E-state index in [1.807, 2.05) is 6.92 Å². The van der Waals surface area contributed by atoms with E-state index in [1.165, 1.54) is 28.3 Å².